The van der Waals surface area contributed by atoms with Crippen LogP contribution in [0.2, 0.25) is 0 Å². The Labute approximate surface area is 91.4 Å². The number of nitrogens with one attached hydrogen (secondary N) is 2. The fourth-order valence-electron chi connectivity index (χ4n) is 2.91. The highest BCUT2D eigenvalue weighted by molar-refractivity contribution is 5.86. The molecule has 0 aromatic carbocycles. The van der Waals surface area contributed by atoms with Crippen LogP contribution in [-0.4, -0.2) is 49.6 Å². The van der Waals surface area contributed by atoms with Crippen LogP contribution < -0.4 is 10.6 Å². The molecular formula is C11H21N3O. The molecule has 0 aromatic heterocycles. The second-order valence-corrected chi connectivity index (χ2v) is 4.55. The van der Waals surface area contributed by atoms with Gasteiger partial charge in [-0.25, -0.2) is 0 Å². The van der Waals surface area contributed by atoms with Crippen molar-refractivity contribution in [2.24, 2.45) is 0 Å². The van der Waals surface area contributed by atoms with Crippen molar-refractivity contribution in [2.45, 2.75) is 31.2 Å². The molecule has 0 aromatic rings. The van der Waals surface area contributed by atoms with Crippen LogP contribution in [-0.2, 0) is 4.79 Å². The molecule has 4 nitrogen and oxygen atoms in total. The number of nitrogens with zero attached hydrogens (tertiary/aromatic N) is 1. The molecule has 2 aliphatic rings. The molecule has 2 aliphatic heterocycles. The van der Waals surface area contributed by atoms with Crippen LogP contribution in [0.4, 0.5) is 0 Å². The number of amides is 1. The summed E-state index contributed by atoms with van der Waals surface area (Å²) in [5, 5.41) is 6.18. The Morgan fingerprint density at radius 2 is 1.87 bits per heavy atom. The van der Waals surface area contributed by atoms with Gasteiger partial charge in [-0.05, 0) is 51.9 Å². The maximum absolute atomic E-state index is 12.1. The molecule has 0 aliphatic carbocycles. The topological polar surface area (TPSA) is 44.4 Å². The van der Waals surface area contributed by atoms with E-state index in [4.69, 9.17) is 0 Å². The summed E-state index contributed by atoms with van der Waals surface area (Å²) in [6, 6.07) is 0. The van der Waals surface area contributed by atoms with E-state index in [1.807, 2.05) is 0 Å². The van der Waals surface area contributed by atoms with Crippen LogP contribution in [0.15, 0.2) is 0 Å². The molecule has 15 heavy (non-hydrogen) atoms. The molecule has 2 saturated heterocycles. The van der Waals surface area contributed by atoms with Gasteiger partial charge in [0.1, 0.15) is 5.54 Å². The quantitative estimate of drug-likeness (QED) is 0.673. The molecule has 0 saturated carbocycles. The van der Waals surface area contributed by atoms with Gasteiger partial charge in [0.25, 0.3) is 0 Å². The molecule has 4 heteroatoms. The maximum atomic E-state index is 12.1. The summed E-state index contributed by atoms with van der Waals surface area (Å²) < 4.78 is 0. The third kappa shape index (κ3) is 1.88. The van der Waals surface area contributed by atoms with Crippen molar-refractivity contribution in [2.75, 3.05) is 33.2 Å². The van der Waals surface area contributed by atoms with Crippen molar-refractivity contribution in [1.29, 1.82) is 0 Å². The third-order valence-corrected chi connectivity index (χ3v) is 3.79. The highest BCUT2D eigenvalue weighted by atomic mass is 16.2. The standard InChI is InChI=1S/C11H21N3O/c1-12-10(15)11(4-6-13-7-5-11)14-8-2-3-9-14/h13H,2-9H2,1H3,(H,12,15). The number of piperidine rings is 1. The second kappa shape index (κ2) is 4.49. The second-order valence-electron chi connectivity index (χ2n) is 4.55. The Hall–Kier alpha value is -0.610. The van der Waals surface area contributed by atoms with E-state index in [2.05, 4.69) is 15.5 Å². The molecule has 2 fully saturated rings. The first-order chi connectivity index (χ1) is 7.29. The zero-order valence-corrected chi connectivity index (χ0v) is 9.51. The lowest BCUT2D eigenvalue weighted by molar-refractivity contribution is -0.134. The van der Waals surface area contributed by atoms with Gasteiger partial charge < -0.3 is 10.6 Å². The van der Waals surface area contributed by atoms with Crippen LogP contribution in [0.25, 0.3) is 0 Å². The van der Waals surface area contributed by atoms with Gasteiger partial charge in [0, 0.05) is 7.05 Å². The summed E-state index contributed by atoms with van der Waals surface area (Å²) in [5.41, 5.74) is -0.212. The summed E-state index contributed by atoms with van der Waals surface area (Å²) in [6.07, 6.45) is 4.39. The van der Waals surface area contributed by atoms with E-state index in [0.29, 0.717) is 0 Å². The van der Waals surface area contributed by atoms with Crippen LogP contribution in [0.1, 0.15) is 25.7 Å². The Balaban J connectivity index is 2.16. The summed E-state index contributed by atoms with van der Waals surface area (Å²) >= 11 is 0. The molecule has 0 atom stereocenters. The summed E-state index contributed by atoms with van der Waals surface area (Å²) in [6.45, 7) is 4.11. The van der Waals surface area contributed by atoms with Gasteiger partial charge in [0.15, 0.2) is 0 Å². The smallest absolute Gasteiger partial charge is 0.240 e. The fourth-order valence-corrected chi connectivity index (χ4v) is 2.91. The maximum Gasteiger partial charge on any atom is 0.240 e. The summed E-state index contributed by atoms with van der Waals surface area (Å²) in [7, 11) is 1.75. The van der Waals surface area contributed by atoms with Crippen molar-refractivity contribution in [1.82, 2.24) is 15.5 Å². The van der Waals surface area contributed by atoms with Gasteiger partial charge in [0.05, 0.1) is 0 Å². The van der Waals surface area contributed by atoms with E-state index in [0.717, 1.165) is 39.0 Å². The van der Waals surface area contributed by atoms with Gasteiger partial charge in [-0.1, -0.05) is 0 Å². The van der Waals surface area contributed by atoms with Crippen molar-refractivity contribution in [3.8, 4) is 0 Å². The molecule has 2 N–H and O–H groups in total. The molecule has 0 unspecified atom stereocenters. The molecular weight excluding hydrogens is 190 g/mol. The molecule has 2 rings (SSSR count). The van der Waals surface area contributed by atoms with Crippen molar-refractivity contribution in [3.05, 3.63) is 0 Å². The SMILES string of the molecule is CNC(=O)C1(N2CCCC2)CCNCC1. The largest absolute Gasteiger partial charge is 0.358 e. The number of rotatable bonds is 2. The minimum atomic E-state index is -0.212. The van der Waals surface area contributed by atoms with Gasteiger partial charge in [-0.15, -0.1) is 0 Å². The highest BCUT2D eigenvalue weighted by Crippen LogP contribution is 2.30. The van der Waals surface area contributed by atoms with E-state index in [1.165, 1.54) is 12.8 Å². The van der Waals surface area contributed by atoms with Crippen LogP contribution in [0, 0.1) is 0 Å². The van der Waals surface area contributed by atoms with E-state index < -0.39 is 0 Å². The van der Waals surface area contributed by atoms with E-state index in [9.17, 15) is 4.79 Å². The minimum absolute atomic E-state index is 0.212. The van der Waals surface area contributed by atoms with Gasteiger partial charge in [-0.3, -0.25) is 9.69 Å². The van der Waals surface area contributed by atoms with Crippen LogP contribution >= 0.6 is 0 Å². The fraction of sp³-hybridized carbons (Fsp3) is 0.909. The number of carbonyl (C=O) groups is 1. The van der Waals surface area contributed by atoms with Crippen LogP contribution in [0.5, 0.6) is 0 Å². The zero-order valence-electron chi connectivity index (χ0n) is 9.51. The molecule has 0 radical (unpaired) electrons. The number of likely N-dealkylation sites (tertiary alicyclic amines) is 1. The average Bonchev–Trinajstić information content (AvgIpc) is 2.83. The number of hydrogen-bond donors (Lipinski definition) is 2. The Morgan fingerprint density at radius 3 is 2.40 bits per heavy atom. The molecule has 2 heterocycles. The number of likely N-dealkylation sites (N-methyl/N-ethyl adjacent to an activating group) is 1. The predicted octanol–water partition coefficient (Wildman–Crippen LogP) is -0.0496. The monoisotopic (exact) mass is 211 g/mol. The van der Waals surface area contributed by atoms with E-state index >= 15 is 0 Å². The first-order valence-corrected chi connectivity index (χ1v) is 5.97. The van der Waals surface area contributed by atoms with Gasteiger partial charge in [-0.2, -0.15) is 0 Å². The van der Waals surface area contributed by atoms with E-state index in [1.54, 1.807) is 7.05 Å². The Bertz CT molecular complexity index is 230. The van der Waals surface area contributed by atoms with E-state index in [-0.39, 0.29) is 11.4 Å². The number of carbonyl (C=O) groups excluding carboxylic acids is 1. The third-order valence-electron chi connectivity index (χ3n) is 3.79. The Morgan fingerprint density at radius 1 is 1.27 bits per heavy atom. The highest BCUT2D eigenvalue weighted by Gasteiger charge is 2.44. The van der Waals surface area contributed by atoms with Gasteiger partial charge >= 0.3 is 0 Å². The first kappa shape index (κ1) is 10.9. The average molecular weight is 211 g/mol. The van der Waals surface area contributed by atoms with Crippen molar-refractivity contribution < 1.29 is 4.79 Å². The Kier molecular flexibility index (Phi) is 3.26. The normalized spacial score (nSPS) is 26.5. The minimum Gasteiger partial charge on any atom is -0.358 e. The molecule has 0 bridgehead atoms. The summed E-state index contributed by atoms with van der Waals surface area (Å²) in [5.74, 6) is 0.214. The molecule has 0 spiro atoms. The first-order valence-electron chi connectivity index (χ1n) is 5.97. The lowest BCUT2D eigenvalue weighted by atomic mass is 9.85. The number of hydrogen-bond acceptors (Lipinski definition) is 3. The molecule has 1 amide bonds. The predicted molar refractivity (Wildman–Crippen MR) is 59.7 cm³/mol. The lowest BCUT2D eigenvalue weighted by Gasteiger charge is -2.43. The van der Waals surface area contributed by atoms with Crippen molar-refractivity contribution in [3.63, 3.8) is 0 Å². The molecule has 86 valence electrons. The summed E-state index contributed by atoms with van der Waals surface area (Å²) in [4.78, 5) is 14.5. The lowest BCUT2D eigenvalue weighted by Crippen LogP contribution is -2.61. The van der Waals surface area contributed by atoms with Crippen molar-refractivity contribution >= 4 is 5.91 Å². The zero-order chi connectivity index (χ0) is 10.7. The van der Waals surface area contributed by atoms with Gasteiger partial charge in [0.2, 0.25) is 5.91 Å². The van der Waals surface area contributed by atoms with Crippen LogP contribution in [0.3, 0.4) is 0 Å².